The quantitative estimate of drug-likeness (QED) is 0.795. The Morgan fingerprint density at radius 2 is 2.24 bits per heavy atom. The van der Waals surface area contributed by atoms with Crippen LogP contribution in [-0.2, 0) is 4.79 Å². The number of hydrogen-bond acceptors (Lipinski definition) is 2. The first-order chi connectivity index (χ1) is 8.20. The average Bonchev–Trinajstić information content (AvgIpc) is 2.83. The van der Waals surface area contributed by atoms with E-state index in [0.29, 0.717) is 17.9 Å². The molecule has 1 amide bonds. The van der Waals surface area contributed by atoms with Crippen molar-refractivity contribution in [3.05, 3.63) is 0 Å². The fourth-order valence-electron chi connectivity index (χ4n) is 3.42. The number of carbonyl (C=O) groups is 1. The molecule has 3 atom stereocenters. The molecule has 2 fully saturated rings. The summed E-state index contributed by atoms with van der Waals surface area (Å²) in [5, 5.41) is 3.59. The van der Waals surface area contributed by atoms with Crippen molar-refractivity contribution in [3.63, 3.8) is 0 Å². The SMILES string of the molecule is CCNC1CCCC1CCN1CC(C)CC1=O. The van der Waals surface area contributed by atoms with Crippen LogP contribution >= 0.6 is 0 Å². The van der Waals surface area contributed by atoms with E-state index in [4.69, 9.17) is 0 Å². The zero-order chi connectivity index (χ0) is 12.3. The second-order valence-electron chi connectivity index (χ2n) is 5.79. The number of nitrogens with one attached hydrogen (secondary N) is 1. The molecule has 0 aromatic heterocycles. The van der Waals surface area contributed by atoms with E-state index in [1.54, 1.807) is 0 Å². The van der Waals surface area contributed by atoms with Gasteiger partial charge in [-0.05, 0) is 37.6 Å². The largest absolute Gasteiger partial charge is 0.342 e. The number of amides is 1. The second kappa shape index (κ2) is 5.85. The van der Waals surface area contributed by atoms with E-state index in [9.17, 15) is 4.79 Å². The molecule has 98 valence electrons. The van der Waals surface area contributed by atoms with Crippen molar-refractivity contribution in [3.8, 4) is 0 Å². The number of rotatable bonds is 5. The molecule has 1 saturated heterocycles. The van der Waals surface area contributed by atoms with Gasteiger partial charge in [0.05, 0.1) is 0 Å². The molecule has 1 N–H and O–H groups in total. The van der Waals surface area contributed by atoms with Crippen LogP contribution in [0.5, 0.6) is 0 Å². The third kappa shape index (κ3) is 3.21. The molecule has 0 radical (unpaired) electrons. The predicted molar refractivity (Wildman–Crippen MR) is 69.8 cm³/mol. The molecule has 0 aromatic rings. The summed E-state index contributed by atoms with van der Waals surface area (Å²) in [5.74, 6) is 1.73. The summed E-state index contributed by atoms with van der Waals surface area (Å²) in [6, 6.07) is 0.704. The van der Waals surface area contributed by atoms with Gasteiger partial charge >= 0.3 is 0 Å². The third-order valence-electron chi connectivity index (χ3n) is 4.30. The summed E-state index contributed by atoms with van der Waals surface area (Å²) in [5.41, 5.74) is 0. The van der Waals surface area contributed by atoms with E-state index < -0.39 is 0 Å². The van der Waals surface area contributed by atoms with E-state index in [-0.39, 0.29) is 0 Å². The normalized spacial score (nSPS) is 33.6. The van der Waals surface area contributed by atoms with Crippen LogP contribution < -0.4 is 5.32 Å². The van der Waals surface area contributed by atoms with Crippen molar-refractivity contribution in [2.24, 2.45) is 11.8 Å². The monoisotopic (exact) mass is 238 g/mol. The van der Waals surface area contributed by atoms with Crippen molar-refractivity contribution in [2.45, 2.75) is 52.0 Å². The van der Waals surface area contributed by atoms with Gasteiger partial charge in [0, 0.05) is 25.6 Å². The van der Waals surface area contributed by atoms with Gasteiger partial charge in [-0.3, -0.25) is 4.79 Å². The van der Waals surface area contributed by atoms with E-state index in [1.807, 2.05) is 0 Å². The summed E-state index contributed by atoms with van der Waals surface area (Å²) in [7, 11) is 0. The van der Waals surface area contributed by atoms with Gasteiger partial charge in [0.25, 0.3) is 0 Å². The van der Waals surface area contributed by atoms with Gasteiger partial charge in [-0.2, -0.15) is 0 Å². The molecule has 0 bridgehead atoms. The predicted octanol–water partition coefficient (Wildman–Crippen LogP) is 2.02. The van der Waals surface area contributed by atoms with Crippen LogP contribution in [0.1, 0.15) is 46.0 Å². The molecular formula is C14H26N2O. The first kappa shape index (κ1) is 12.9. The van der Waals surface area contributed by atoms with Crippen LogP contribution in [0.2, 0.25) is 0 Å². The minimum absolute atomic E-state index is 0.371. The van der Waals surface area contributed by atoms with Gasteiger partial charge in [-0.15, -0.1) is 0 Å². The molecule has 0 aromatic carbocycles. The first-order valence-corrected chi connectivity index (χ1v) is 7.22. The van der Waals surface area contributed by atoms with Crippen LogP contribution in [0.25, 0.3) is 0 Å². The van der Waals surface area contributed by atoms with E-state index >= 15 is 0 Å². The summed E-state index contributed by atoms with van der Waals surface area (Å²) < 4.78 is 0. The van der Waals surface area contributed by atoms with Gasteiger partial charge in [0.2, 0.25) is 5.91 Å². The zero-order valence-corrected chi connectivity index (χ0v) is 11.2. The van der Waals surface area contributed by atoms with Crippen molar-refractivity contribution in [1.29, 1.82) is 0 Å². The standard InChI is InChI=1S/C14H26N2O/c1-3-15-13-6-4-5-12(13)7-8-16-10-11(2)9-14(16)17/h11-13,15H,3-10H2,1-2H3. The lowest BCUT2D eigenvalue weighted by Crippen LogP contribution is -2.35. The second-order valence-corrected chi connectivity index (χ2v) is 5.79. The van der Waals surface area contributed by atoms with E-state index in [1.165, 1.54) is 25.7 Å². The Labute approximate surface area is 105 Å². The van der Waals surface area contributed by atoms with Crippen LogP contribution in [0.3, 0.4) is 0 Å². The third-order valence-corrected chi connectivity index (χ3v) is 4.30. The minimum Gasteiger partial charge on any atom is -0.342 e. The molecule has 1 heterocycles. The molecule has 2 aliphatic rings. The Hall–Kier alpha value is -0.570. The number of hydrogen-bond donors (Lipinski definition) is 1. The fraction of sp³-hybridized carbons (Fsp3) is 0.929. The van der Waals surface area contributed by atoms with Crippen LogP contribution in [0.15, 0.2) is 0 Å². The molecule has 0 spiro atoms. The maximum Gasteiger partial charge on any atom is 0.222 e. The maximum atomic E-state index is 11.7. The van der Waals surface area contributed by atoms with Gasteiger partial charge in [0.15, 0.2) is 0 Å². The Morgan fingerprint density at radius 3 is 2.88 bits per heavy atom. The smallest absolute Gasteiger partial charge is 0.222 e. The zero-order valence-electron chi connectivity index (χ0n) is 11.2. The average molecular weight is 238 g/mol. The highest BCUT2D eigenvalue weighted by Gasteiger charge is 2.30. The van der Waals surface area contributed by atoms with Gasteiger partial charge in [-0.25, -0.2) is 0 Å². The lowest BCUT2D eigenvalue weighted by molar-refractivity contribution is -0.127. The maximum absolute atomic E-state index is 11.7. The van der Waals surface area contributed by atoms with Gasteiger partial charge < -0.3 is 10.2 Å². The molecule has 17 heavy (non-hydrogen) atoms. The highest BCUT2D eigenvalue weighted by molar-refractivity contribution is 5.78. The Kier molecular flexibility index (Phi) is 4.43. The summed E-state index contributed by atoms with van der Waals surface area (Å²) >= 11 is 0. The minimum atomic E-state index is 0.371. The fourth-order valence-corrected chi connectivity index (χ4v) is 3.42. The van der Waals surface area contributed by atoms with Gasteiger partial charge in [0.1, 0.15) is 0 Å². The molecule has 3 unspecified atom stereocenters. The van der Waals surface area contributed by atoms with Crippen molar-refractivity contribution < 1.29 is 4.79 Å². The lowest BCUT2D eigenvalue weighted by atomic mass is 9.99. The van der Waals surface area contributed by atoms with Gasteiger partial charge in [-0.1, -0.05) is 20.3 Å². The Morgan fingerprint density at radius 1 is 1.41 bits per heavy atom. The summed E-state index contributed by atoms with van der Waals surface area (Å²) in [6.45, 7) is 7.39. The lowest BCUT2D eigenvalue weighted by Gasteiger charge is -2.23. The summed E-state index contributed by atoms with van der Waals surface area (Å²) in [4.78, 5) is 13.8. The summed E-state index contributed by atoms with van der Waals surface area (Å²) in [6.07, 6.45) is 5.97. The molecular weight excluding hydrogens is 212 g/mol. The Balaban J connectivity index is 1.76. The molecule has 2 rings (SSSR count). The number of nitrogens with zero attached hydrogens (tertiary/aromatic N) is 1. The van der Waals surface area contributed by atoms with E-state index in [2.05, 4.69) is 24.1 Å². The highest BCUT2D eigenvalue weighted by Crippen LogP contribution is 2.29. The Bertz CT molecular complexity index is 267. The molecule has 3 heteroatoms. The topological polar surface area (TPSA) is 32.3 Å². The molecule has 1 aliphatic heterocycles. The first-order valence-electron chi connectivity index (χ1n) is 7.22. The van der Waals surface area contributed by atoms with Crippen molar-refractivity contribution >= 4 is 5.91 Å². The molecule has 3 nitrogen and oxygen atoms in total. The molecule has 1 saturated carbocycles. The van der Waals surface area contributed by atoms with Crippen LogP contribution in [0, 0.1) is 11.8 Å². The van der Waals surface area contributed by atoms with Crippen molar-refractivity contribution in [1.82, 2.24) is 10.2 Å². The highest BCUT2D eigenvalue weighted by atomic mass is 16.2. The molecule has 1 aliphatic carbocycles. The van der Waals surface area contributed by atoms with Crippen LogP contribution in [0.4, 0.5) is 0 Å². The number of likely N-dealkylation sites (tertiary alicyclic amines) is 1. The van der Waals surface area contributed by atoms with Crippen molar-refractivity contribution in [2.75, 3.05) is 19.6 Å². The van der Waals surface area contributed by atoms with Crippen LogP contribution in [-0.4, -0.2) is 36.5 Å². The number of carbonyl (C=O) groups excluding carboxylic acids is 1. The van der Waals surface area contributed by atoms with E-state index in [0.717, 1.165) is 32.0 Å².